The smallest absolute Gasteiger partial charge is 0.0488 e. The lowest BCUT2D eigenvalue weighted by Crippen LogP contribution is -2.17. The Morgan fingerprint density at radius 1 is 1.13 bits per heavy atom. The summed E-state index contributed by atoms with van der Waals surface area (Å²) >= 11 is 0. The van der Waals surface area contributed by atoms with Crippen LogP contribution in [0.5, 0.6) is 0 Å². The van der Waals surface area contributed by atoms with E-state index in [1.54, 1.807) is 0 Å². The summed E-state index contributed by atoms with van der Waals surface area (Å²) in [6, 6.07) is 0.874. The molecule has 1 saturated carbocycles. The van der Waals surface area contributed by atoms with E-state index >= 15 is 0 Å². The van der Waals surface area contributed by atoms with Crippen LogP contribution in [-0.4, -0.2) is 25.8 Å². The molecule has 1 aliphatic rings. The van der Waals surface area contributed by atoms with E-state index in [1.807, 2.05) is 0 Å². The highest BCUT2D eigenvalue weighted by Gasteiger charge is 2.19. The van der Waals surface area contributed by atoms with Crippen LogP contribution >= 0.6 is 0 Å². The fraction of sp³-hybridized carbons (Fsp3) is 1.00. The molecule has 0 aliphatic heterocycles. The number of rotatable bonds is 10. The molecule has 1 N–H and O–H groups in total. The minimum atomic E-state index is 0.674. The summed E-state index contributed by atoms with van der Waals surface area (Å²) in [5.74, 6) is 0.674. The van der Waals surface area contributed by atoms with Crippen LogP contribution in [0.4, 0.5) is 0 Å². The molecular formula is C13H27NO. The van der Waals surface area contributed by atoms with E-state index in [0.29, 0.717) is 5.92 Å². The van der Waals surface area contributed by atoms with Crippen molar-refractivity contribution in [3.8, 4) is 0 Å². The molecule has 0 heterocycles. The Kier molecular flexibility index (Phi) is 7.03. The largest absolute Gasteiger partial charge is 0.381 e. The van der Waals surface area contributed by atoms with Crippen LogP contribution in [0.15, 0.2) is 0 Å². The number of hydrogen-bond acceptors (Lipinski definition) is 2. The zero-order chi connectivity index (χ0) is 10.9. The first kappa shape index (κ1) is 13.0. The topological polar surface area (TPSA) is 21.3 Å². The Hall–Kier alpha value is -0.0800. The second kappa shape index (κ2) is 8.12. The van der Waals surface area contributed by atoms with Crippen molar-refractivity contribution in [3.63, 3.8) is 0 Å². The highest BCUT2D eigenvalue weighted by molar-refractivity contribution is 4.80. The molecule has 0 aromatic carbocycles. The zero-order valence-electron chi connectivity index (χ0n) is 10.4. The molecule has 0 radical (unpaired) electrons. The molecule has 2 heteroatoms. The molecule has 0 amide bonds. The van der Waals surface area contributed by atoms with E-state index in [0.717, 1.165) is 19.3 Å². The van der Waals surface area contributed by atoms with Crippen molar-refractivity contribution in [2.45, 2.75) is 58.4 Å². The molecular weight excluding hydrogens is 186 g/mol. The Morgan fingerprint density at radius 2 is 1.87 bits per heavy atom. The van der Waals surface area contributed by atoms with Gasteiger partial charge in [-0.25, -0.2) is 0 Å². The molecule has 0 spiro atoms. The number of ether oxygens (including phenoxy) is 1. The molecule has 0 saturated heterocycles. The first-order valence-corrected chi connectivity index (χ1v) is 6.60. The van der Waals surface area contributed by atoms with Gasteiger partial charge in [0.15, 0.2) is 0 Å². The van der Waals surface area contributed by atoms with Crippen LogP contribution in [0.25, 0.3) is 0 Å². The summed E-state index contributed by atoms with van der Waals surface area (Å²) in [5, 5.41) is 3.54. The van der Waals surface area contributed by atoms with E-state index in [9.17, 15) is 0 Å². The van der Waals surface area contributed by atoms with Gasteiger partial charge in [-0.3, -0.25) is 0 Å². The van der Waals surface area contributed by atoms with Crippen LogP contribution in [0, 0.1) is 5.92 Å². The Bertz CT molecular complexity index is 135. The van der Waals surface area contributed by atoms with E-state index in [-0.39, 0.29) is 0 Å². The molecule has 0 aromatic heterocycles. The molecule has 1 fully saturated rings. The fourth-order valence-electron chi connectivity index (χ4n) is 1.60. The van der Waals surface area contributed by atoms with Crippen molar-refractivity contribution in [2.24, 2.45) is 5.92 Å². The minimum Gasteiger partial charge on any atom is -0.381 e. The Labute approximate surface area is 94.8 Å². The lowest BCUT2D eigenvalue weighted by molar-refractivity contribution is 0.106. The highest BCUT2D eigenvalue weighted by atomic mass is 16.5. The summed E-state index contributed by atoms with van der Waals surface area (Å²) in [6.45, 7) is 7.49. The van der Waals surface area contributed by atoms with Crippen LogP contribution in [0.3, 0.4) is 0 Å². The predicted molar refractivity (Wildman–Crippen MR) is 65.1 cm³/mol. The van der Waals surface area contributed by atoms with Crippen LogP contribution in [0.2, 0.25) is 0 Å². The SMILES string of the molecule is CC(C)COCCCCCCNC1CC1. The van der Waals surface area contributed by atoms with Gasteiger partial charge in [0.05, 0.1) is 0 Å². The highest BCUT2D eigenvalue weighted by Crippen LogP contribution is 2.18. The van der Waals surface area contributed by atoms with Gasteiger partial charge < -0.3 is 10.1 Å². The van der Waals surface area contributed by atoms with Gasteiger partial charge in [0.1, 0.15) is 0 Å². The van der Waals surface area contributed by atoms with Gasteiger partial charge in [-0.2, -0.15) is 0 Å². The van der Waals surface area contributed by atoms with Gasteiger partial charge in [-0.1, -0.05) is 26.7 Å². The predicted octanol–water partition coefficient (Wildman–Crippen LogP) is 2.97. The van der Waals surface area contributed by atoms with Gasteiger partial charge in [0.2, 0.25) is 0 Å². The van der Waals surface area contributed by atoms with Crippen LogP contribution in [0.1, 0.15) is 52.4 Å². The van der Waals surface area contributed by atoms with Crippen molar-refractivity contribution < 1.29 is 4.74 Å². The van der Waals surface area contributed by atoms with E-state index in [1.165, 1.54) is 45.1 Å². The maximum atomic E-state index is 5.53. The Balaban J connectivity index is 1.65. The van der Waals surface area contributed by atoms with Gasteiger partial charge in [0, 0.05) is 19.3 Å². The zero-order valence-corrected chi connectivity index (χ0v) is 10.4. The number of unbranched alkanes of at least 4 members (excludes halogenated alkanes) is 3. The third kappa shape index (κ3) is 8.88. The van der Waals surface area contributed by atoms with E-state index < -0.39 is 0 Å². The average Bonchev–Trinajstić information content (AvgIpc) is 2.98. The van der Waals surface area contributed by atoms with Crippen LogP contribution in [-0.2, 0) is 4.74 Å². The summed E-state index contributed by atoms with van der Waals surface area (Å²) in [6.07, 6.45) is 8.05. The summed E-state index contributed by atoms with van der Waals surface area (Å²) < 4.78 is 5.53. The molecule has 2 nitrogen and oxygen atoms in total. The Morgan fingerprint density at radius 3 is 2.53 bits per heavy atom. The average molecular weight is 213 g/mol. The maximum absolute atomic E-state index is 5.53. The van der Waals surface area contributed by atoms with Gasteiger partial charge in [-0.05, 0) is 38.1 Å². The van der Waals surface area contributed by atoms with Gasteiger partial charge >= 0.3 is 0 Å². The molecule has 1 rings (SSSR count). The van der Waals surface area contributed by atoms with Gasteiger partial charge in [-0.15, -0.1) is 0 Å². The number of hydrogen-bond donors (Lipinski definition) is 1. The summed E-state index contributed by atoms with van der Waals surface area (Å²) in [5.41, 5.74) is 0. The van der Waals surface area contributed by atoms with Crippen molar-refractivity contribution in [2.75, 3.05) is 19.8 Å². The third-order valence-electron chi connectivity index (χ3n) is 2.68. The van der Waals surface area contributed by atoms with E-state index in [2.05, 4.69) is 19.2 Å². The maximum Gasteiger partial charge on any atom is 0.0488 e. The fourth-order valence-corrected chi connectivity index (χ4v) is 1.60. The van der Waals surface area contributed by atoms with E-state index in [4.69, 9.17) is 4.74 Å². The first-order valence-electron chi connectivity index (χ1n) is 6.60. The summed E-state index contributed by atoms with van der Waals surface area (Å²) in [4.78, 5) is 0. The lowest BCUT2D eigenvalue weighted by atomic mass is 10.2. The molecule has 0 atom stereocenters. The second-order valence-corrected chi connectivity index (χ2v) is 5.11. The first-order chi connectivity index (χ1) is 7.29. The van der Waals surface area contributed by atoms with Crippen molar-refractivity contribution in [3.05, 3.63) is 0 Å². The van der Waals surface area contributed by atoms with Crippen molar-refractivity contribution in [1.29, 1.82) is 0 Å². The second-order valence-electron chi connectivity index (χ2n) is 5.11. The lowest BCUT2D eigenvalue weighted by Gasteiger charge is -2.06. The summed E-state index contributed by atoms with van der Waals surface area (Å²) in [7, 11) is 0. The molecule has 90 valence electrons. The monoisotopic (exact) mass is 213 g/mol. The quantitative estimate of drug-likeness (QED) is 0.563. The number of nitrogens with one attached hydrogen (secondary N) is 1. The standard InChI is InChI=1S/C13H27NO/c1-12(2)11-15-10-6-4-3-5-9-14-13-7-8-13/h12-14H,3-11H2,1-2H3. The van der Waals surface area contributed by atoms with Crippen molar-refractivity contribution >= 4 is 0 Å². The van der Waals surface area contributed by atoms with Crippen molar-refractivity contribution in [1.82, 2.24) is 5.32 Å². The molecule has 0 aromatic rings. The molecule has 0 unspecified atom stereocenters. The van der Waals surface area contributed by atoms with Gasteiger partial charge in [0.25, 0.3) is 0 Å². The molecule has 15 heavy (non-hydrogen) atoms. The minimum absolute atomic E-state index is 0.674. The van der Waals surface area contributed by atoms with Crippen LogP contribution < -0.4 is 5.32 Å². The molecule has 0 bridgehead atoms. The third-order valence-corrected chi connectivity index (χ3v) is 2.68. The normalized spacial score (nSPS) is 16.2. The molecule has 1 aliphatic carbocycles.